The Morgan fingerprint density at radius 1 is 1.08 bits per heavy atom. The van der Waals surface area contributed by atoms with Crippen molar-refractivity contribution in [2.45, 2.75) is 13.0 Å². The van der Waals surface area contributed by atoms with E-state index in [9.17, 15) is 4.79 Å². The number of amides is 1. The molecule has 0 bridgehead atoms. The van der Waals surface area contributed by atoms with Crippen molar-refractivity contribution in [2.75, 3.05) is 5.73 Å². The topological polar surface area (TPSA) is 116 Å². The Bertz CT molecular complexity index is 1910. The summed E-state index contributed by atoms with van der Waals surface area (Å²) in [6, 6.07) is 19.2. The van der Waals surface area contributed by atoms with E-state index < -0.39 is 6.04 Å². The van der Waals surface area contributed by atoms with Crippen LogP contribution in [0.15, 0.2) is 85.5 Å². The first-order valence-electron chi connectivity index (χ1n) is 12.4. The Morgan fingerprint density at radius 2 is 1.92 bits per heavy atom. The van der Waals surface area contributed by atoms with Gasteiger partial charge in [-0.15, -0.1) is 5.10 Å². The first-order chi connectivity index (χ1) is 19.0. The van der Waals surface area contributed by atoms with Crippen LogP contribution < -0.4 is 11.1 Å². The van der Waals surface area contributed by atoms with Crippen molar-refractivity contribution < 1.29 is 4.79 Å². The number of fused-ring (bicyclic) bond motifs is 2. The second-order valence-corrected chi connectivity index (χ2v) is 9.17. The number of hydrogen-bond acceptors (Lipinski definition) is 6. The van der Waals surface area contributed by atoms with Crippen LogP contribution in [0.25, 0.3) is 27.8 Å². The van der Waals surface area contributed by atoms with Crippen LogP contribution in [0.4, 0.5) is 5.82 Å². The van der Waals surface area contributed by atoms with E-state index in [-0.39, 0.29) is 17.3 Å². The monoisotopic (exact) mass is 512 g/mol. The lowest BCUT2D eigenvalue weighted by molar-refractivity contribution is 0.0942. The fourth-order valence-corrected chi connectivity index (χ4v) is 4.57. The number of para-hydroxylation sites is 1. The van der Waals surface area contributed by atoms with Crippen LogP contribution in [-0.2, 0) is 7.05 Å². The Labute approximate surface area is 224 Å². The second kappa shape index (κ2) is 9.76. The number of aryl methyl sites for hydroxylation is 1. The van der Waals surface area contributed by atoms with Crippen molar-refractivity contribution in [3.8, 4) is 23.1 Å². The van der Waals surface area contributed by atoms with Gasteiger partial charge in [0.25, 0.3) is 5.91 Å². The number of nitrogen functional groups attached to an aromatic ring is 1. The van der Waals surface area contributed by atoms with Gasteiger partial charge in [0.2, 0.25) is 0 Å². The minimum atomic E-state index is -0.396. The summed E-state index contributed by atoms with van der Waals surface area (Å²) in [4.78, 5) is 22.8. The van der Waals surface area contributed by atoms with Gasteiger partial charge in [-0.25, -0.2) is 14.5 Å². The van der Waals surface area contributed by atoms with Crippen molar-refractivity contribution >= 4 is 28.3 Å². The largest absolute Gasteiger partial charge is 0.381 e. The summed E-state index contributed by atoms with van der Waals surface area (Å²) >= 11 is 0. The van der Waals surface area contributed by atoms with Crippen molar-refractivity contribution in [1.29, 1.82) is 0 Å². The van der Waals surface area contributed by atoms with Crippen LogP contribution >= 0.6 is 0 Å². The Hall–Kier alpha value is -5.49. The zero-order chi connectivity index (χ0) is 26.9. The lowest BCUT2D eigenvalue weighted by atomic mass is 9.97. The summed E-state index contributed by atoms with van der Waals surface area (Å²) in [5.41, 5.74) is 11.7. The molecule has 4 heterocycles. The highest BCUT2D eigenvalue weighted by molar-refractivity contribution is 6.04. The Morgan fingerprint density at radius 3 is 2.72 bits per heavy atom. The quantitative estimate of drug-likeness (QED) is 0.343. The molecule has 6 aromatic rings. The number of carbonyl (C=O) groups excluding carboxylic acids is 1. The van der Waals surface area contributed by atoms with E-state index in [0.717, 1.165) is 38.9 Å². The Balaban J connectivity index is 1.43. The second-order valence-electron chi connectivity index (χ2n) is 9.17. The predicted molar refractivity (Wildman–Crippen MR) is 150 cm³/mol. The molecule has 9 heteroatoms. The van der Waals surface area contributed by atoms with Crippen molar-refractivity contribution in [1.82, 2.24) is 34.7 Å². The van der Waals surface area contributed by atoms with E-state index >= 15 is 0 Å². The number of rotatable bonds is 4. The zero-order valence-corrected chi connectivity index (χ0v) is 21.3. The average molecular weight is 513 g/mol. The number of pyridine rings is 1. The predicted octanol–water partition coefficient (Wildman–Crippen LogP) is 4.15. The number of nitrogens with one attached hydrogen (secondary N) is 1. The zero-order valence-electron chi connectivity index (χ0n) is 21.3. The molecule has 0 aliphatic heterocycles. The summed E-state index contributed by atoms with van der Waals surface area (Å²) in [5.74, 6) is 6.19. The number of carbonyl (C=O) groups is 1. The first kappa shape index (κ1) is 23.9. The molecule has 0 fully saturated rings. The molecule has 1 amide bonds. The minimum Gasteiger partial charge on any atom is -0.381 e. The van der Waals surface area contributed by atoms with E-state index in [1.165, 1.54) is 4.52 Å². The van der Waals surface area contributed by atoms with E-state index in [0.29, 0.717) is 5.65 Å². The summed E-state index contributed by atoms with van der Waals surface area (Å²) < 4.78 is 3.22. The van der Waals surface area contributed by atoms with Gasteiger partial charge in [-0.05, 0) is 25.1 Å². The van der Waals surface area contributed by atoms with E-state index in [4.69, 9.17) is 10.7 Å². The smallest absolute Gasteiger partial charge is 0.259 e. The van der Waals surface area contributed by atoms with Crippen molar-refractivity contribution in [2.24, 2.45) is 7.05 Å². The van der Waals surface area contributed by atoms with E-state index in [2.05, 4.69) is 38.4 Å². The number of benzene rings is 2. The van der Waals surface area contributed by atoms with E-state index in [1.807, 2.05) is 68.7 Å². The van der Waals surface area contributed by atoms with Gasteiger partial charge in [-0.2, -0.15) is 5.10 Å². The molecule has 9 nitrogen and oxygen atoms in total. The molecule has 39 heavy (non-hydrogen) atoms. The van der Waals surface area contributed by atoms with E-state index in [1.54, 1.807) is 29.3 Å². The maximum Gasteiger partial charge on any atom is 0.259 e. The molecule has 190 valence electrons. The highest BCUT2D eigenvalue weighted by Gasteiger charge is 2.23. The van der Waals surface area contributed by atoms with Crippen LogP contribution in [0.3, 0.4) is 0 Å². The molecule has 3 N–H and O–H groups in total. The molecular formula is C30H24N8O. The van der Waals surface area contributed by atoms with Crippen molar-refractivity contribution in [3.05, 3.63) is 108 Å². The summed E-state index contributed by atoms with van der Waals surface area (Å²) in [7, 11) is 1.86. The van der Waals surface area contributed by atoms with Gasteiger partial charge < -0.3 is 11.1 Å². The van der Waals surface area contributed by atoms with Crippen molar-refractivity contribution in [3.63, 3.8) is 0 Å². The highest BCUT2D eigenvalue weighted by Crippen LogP contribution is 2.31. The third-order valence-corrected chi connectivity index (χ3v) is 6.43. The molecule has 0 radical (unpaired) electrons. The molecule has 6 rings (SSSR count). The van der Waals surface area contributed by atoms with Crippen LogP contribution in [0, 0.1) is 11.8 Å². The maximum absolute atomic E-state index is 13.4. The number of anilines is 1. The summed E-state index contributed by atoms with van der Waals surface area (Å²) in [5, 5.41) is 12.4. The number of nitrogens with zero attached hydrogens (tertiary/aromatic N) is 6. The van der Waals surface area contributed by atoms with Gasteiger partial charge in [0.05, 0.1) is 34.6 Å². The van der Waals surface area contributed by atoms with Gasteiger partial charge in [0.1, 0.15) is 5.56 Å². The summed E-state index contributed by atoms with van der Waals surface area (Å²) in [6.07, 6.45) is 6.91. The number of hydrogen-bond donors (Lipinski definition) is 2. The molecule has 0 aliphatic carbocycles. The fourth-order valence-electron chi connectivity index (χ4n) is 4.57. The lowest BCUT2D eigenvalue weighted by Gasteiger charge is -2.19. The third kappa shape index (κ3) is 4.55. The summed E-state index contributed by atoms with van der Waals surface area (Å²) in [6.45, 7) is 1.93. The molecule has 0 aliphatic rings. The first-order valence-corrected chi connectivity index (χ1v) is 12.4. The van der Waals surface area contributed by atoms with Gasteiger partial charge in [-0.3, -0.25) is 9.48 Å². The normalized spacial score (nSPS) is 11.7. The average Bonchev–Trinajstić information content (AvgIpc) is 3.52. The van der Waals surface area contributed by atoms with Gasteiger partial charge in [0, 0.05) is 42.2 Å². The number of aromatic nitrogens is 6. The lowest BCUT2D eigenvalue weighted by Crippen LogP contribution is -2.28. The van der Waals surface area contributed by atoms with Crippen LogP contribution in [0.2, 0.25) is 0 Å². The van der Waals surface area contributed by atoms with Gasteiger partial charge in [0.15, 0.2) is 11.5 Å². The molecule has 0 saturated carbocycles. The third-order valence-electron chi connectivity index (χ3n) is 6.43. The molecule has 0 spiro atoms. The molecule has 4 aromatic heterocycles. The van der Waals surface area contributed by atoms with Crippen LogP contribution in [-0.4, -0.2) is 35.3 Å². The van der Waals surface area contributed by atoms with Crippen LogP contribution in [0.1, 0.15) is 40.0 Å². The number of nitrogens with two attached hydrogens (primary N) is 1. The molecule has 2 aromatic carbocycles. The maximum atomic E-state index is 13.4. The minimum absolute atomic E-state index is 0.121. The van der Waals surface area contributed by atoms with Crippen LogP contribution in [0.5, 0.6) is 0 Å². The standard InChI is InChI=1S/C30H24N8O/c1-19(34-30(39)25-28(31)36-38-15-7-14-32-29(25)38)24-16-23-11-6-10-22(13-12-20-17-33-37(2)18-20)26(23)35-27(24)21-8-4-3-5-9-21/h3-11,14-19H,1-2H3,(H2,31,36)(H,34,39). The van der Waals surface area contributed by atoms with Gasteiger partial charge >= 0.3 is 0 Å². The Kier molecular flexibility index (Phi) is 5.98. The highest BCUT2D eigenvalue weighted by atomic mass is 16.1. The SMILES string of the molecule is CC(NC(=O)c1c(N)nn2cccnc12)c1cc2cccc(C#Cc3cnn(C)c3)c2nc1-c1ccccc1. The molecular weight excluding hydrogens is 488 g/mol. The molecule has 1 unspecified atom stereocenters. The molecule has 0 saturated heterocycles. The fraction of sp³-hybridized carbons (Fsp3) is 0.100. The molecule has 1 atom stereocenters. The van der Waals surface area contributed by atoms with Gasteiger partial charge in [-0.1, -0.05) is 54.3 Å².